The van der Waals surface area contributed by atoms with E-state index in [-0.39, 0.29) is 23.7 Å². The van der Waals surface area contributed by atoms with Crippen LogP contribution >= 0.6 is 0 Å². The van der Waals surface area contributed by atoms with Gasteiger partial charge in [0, 0.05) is 12.6 Å². The normalized spacial score (nSPS) is 9.75. The lowest BCUT2D eigenvalue weighted by atomic mass is 10.1. The number of anilines is 1. The number of benzene rings is 1. The maximum absolute atomic E-state index is 12.0. The zero-order valence-electron chi connectivity index (χ0n) is 11.8. The first kappa shape index (κ1) is 15.6. The molecule has 1 aromatic carbocycles. The lowest BCUT2D eigenvalue weighted by molar-refractivity contribution is -0.120. The van der Waals surface area contributed by atoms with Gasteiger partial charge in [0.2, 0.25) is 5.91 Å². The molecule has 0 saturated heterocycles. The van der Waals surface area contributed by atoms with Crippen LogP contribution in [0.3, 0.4) is 0 Å². The van der Waals surface area contributed by atoms with Crippen LogP contribution in [0.15, 0.2) is 12.1 Å². The van der Waals surface area contributed by atoms with E-state index < -0.39 is 5.91 Å². The smallest absolute Gasteiger partial charge is 0.254 e. The first-order valence-electron chi connectivity index (χ1n) is 6.09. The SMILES string of the molecule is CCNC(=O)CNC(=O)c1cc(OC)cc(OC)c1N. The van der Waals surface area contributed by atoms with Crippen LogP contribution in [0.4, 0.5) is 5.69 Å². The first-order valence-corrected chi connectivity index (χ1v) is 6.09. The Morgan fingerprint density at radius 2 is 1.90 bits per heavy atom. The van der Waals surface area contributed by atoms with Gasteiger partial charge >= 0.3 is 0 Å². The molecule has 0 aliphatic heterocycles. The van der Waals surface area contributed by atoms with Gasteiger partial charge in [0.25, 0.3) is 5.91 Å². The first-order chi connectivity index (χ1) is 9.53. The number of likely N-dealkylation sites (N-methyl/N-ethyl adjacent to an activating group) is 1. The molecule has 7 nitrogen and oxygen atoms in total. The third-order valence-corrected chi connectivity index (χ3v) is 2.60. The molecule has 20 heavy (non-hydrogen) atoms. The molecule has 0 radical (unpaired) electrons. The highest BCUT2D eigenvalue weighted by molar-refractivity contribution is 6.02. The van der Waals surface area contributed by atoms with Crippen LogP contribution in [0, 0.1) is 0 Å². The van der Waals surface area contributed by atoms with Gasteiger partial charge in [-0.2, -0.15) is 0 Å². The van der Waals surface area contributed by atoms with Crippen molar-refractivity contribution in [1.29, 1.82) is 0 Å². The van der Waals surface area contributed by atoms with Crippen molar-refractivity contribution in [2.24, 2.45) is 0 Å². The van der Waals surface area contributed by atoms with Crippen molar-refractivity contribution >= 4 is 17.5 Å². The number of hydrogen-bond acceptors (Lipinski definition) is 5. The van der Waals surface area contributed by atoms with E-state index in [0.29, 0.717) is 18.0 Å². The van der Waals surface area contributed by atoms with Crippen LogP contribution in [0.1, 0.15) is 17.3 Å². The molecule has 4 N–H and O–H groups in total. The fraction of sp³-hybridized carbons (Fsp3) is 0.385. The lowest BCUT2D eigenvalue weighted by Gasteiger charge is -2.12. The Balaban J connectivity index is 2.89. The van der Waals surface area contributed by atoms with Crippen LogP contribution in [0.2, 0.25) is 0 Å². The number of hydrogen-bond donors (Lipinski definition) is 3. The highest BCUT2D eigenvalue weighted by Crippen LogP contribution is 2.30. The zero-order valence-corrected chi connectivity index (χ0v) is 11.8. The number of nitrogens with one attached hydrogen (secondary N) is 2. The summed E-state index contributed by atoms with van der Waals surface area (Å²) >= 11 is 0. The van der Waals surface area contributed by atoms with E-state index in [9.17, 15) is 9.59 Å². The van der Waals surface area contributed by atoms with Crippen molar-refractivity contribution < 1.29 is 19.1 Å². The molecule has 7 heteroatoms. The van der Waals surface area contributed by atoms with Crippen LogP contribution in [0.5, 0.6) is 11.5 Å². The van der Waals surface area contributed by atoms with E-state index in [0.717, 1.165) is 0 Å². The summed E-state index contributed by atoms with van der Waals surface area (Å²) in [6, 6.07) is 3.07. The van der Waals surface area contributed by atoms with E-state index in [1.807, 2.05) is 0 Å². The summed E-state index contributed by atoms with van der Waals surface area (Å²) in [6.45, 7) is 2.18. The molecule has 0 fully saturated rings. The summed E-state index contributed by atoms with van der Waals surface area (Å²) < 4.78 is 10.1. The Bertz CT molecular complexity index is 503. The number of carbonyl (C=O) groups excluding carboxylic acids is 2. The molecule has 0 aromatic heterocycles. The Hall–Kier alpha value is -2.44. The number of carbonyl (C=O) groups is 2. The van der Waals surface area contributed by atoms with Crippen LogP contribution in [-0.4, -0.2) is 39.1 Å². The summed E-state index contributed by atoms with van der Waals surface area (Å²) in [5, 5.41) is 5.06. The molecule has 0 atom stereocenters. The molecular weight excluding hydrogens is 262 g/mol. The Morgan fingerprint density at radius 1 is 1.20 bits per heavy atom. The second-order valence-electron chi connectivity index (χ2n) is 3.93. The van der Waals surface area contributed by atoms with Crippen LogP contribution in [0.25, 0.3) is 0 Å². The summed E-state index contributed by atoms with van der Waals surface area (Å²) in [5.74, 6) is 0.0481. The Kier molecular flexibility index (Phi) is 5.64. The lowest BCUT2D eigenvalue weighted by Crippen LogP contribution is -2.37. The van der Waals surface area contributed by atoms with Gasteiger partial charge in [0.1, 0.15) is 11.5 Å². The minimum Gasteiger partial charge on any atom is -0.497 e. The third-order valence-electron chi connectivity index (χ3n) is 2.60. The predicted octanol–water partition coefficient (Wildman–Crippen LogP) is 0.152. The van der Waals surface area contributed by atoms with Gasteiger partial charge in [-0.05, 0) is 13.0 Å². The number of amides is 2. The van der Waals surface area contributed by atoms with Gasteiger partial charge in [0.15, 0.2) is 0 Å². The molecule has 0 spiro atoms. The van der Waals surface area contributed by atoms with E-state index in [4.69, 9.17) is 15.2 Å². The molecule has 1 aromatic rings. The molecule has 0 bridgehead atoms. The quantitative estimate of drug-likeness (QED) is 0.644. The highest BCUT2D eigenvalue weighted by Gasteiger charge is 2.16. The van der Waals surface area contributed by atoms with E-state index in [1.54, 1.807) is 13.0 Å². The fourth-order valence-corrected chi connectivity index (χ4v) is 1.59. The number of nitrogen functional groups attached to an aromatic ring is 1. The van der Waals surface area contributed by atoms with Crippen molar-refractivity contribution in [2.45, 2.75) is 6.92 Å². The second kappa shape index (κ2) is 7.22. The zero-order chi connectivity index (χ0) is 15.1. The second-order valence-corrected chi connectivity index (χ2v) is 3.93. The summed E-state index contributed by atoms with van der Waals surface area (Å²) in [7, 11) is 2.92. The van der Waals surface area contributed by atoms with Crippen molar-refractivity contribution in [2.75, 3.05) is 33.0 Å². The molecular formula is C13H19N3O4. The number of rotatable bonds is 6. The minimum absolute atomic E-state index is 0.119. The third kappa shape index (κ3) is 3.78. The monoisotopic (exact) mass is 281 g/mol. The molecule has 1 rings (SSSR count). The average Bonchev–Trinajstić information content (AvgIpc) is 2.45. The largest absolute Gasteiger partial charge is 0.497 e. The highest BCUT2D eigenvalue weighted by atomic mass is 16.5. The maximum atomic E-state index is 12.0. The van der Waals surface area contributed by atoms with Crippen molar-refractivity contribution in [3.05, 3.63) is 17.7 Å². The molecule has 0 aliphatic carbocycles. The van der Waals surface area contributed by atoms with Gasteiger partial charge in [-0.3, -0.25) is 9.59 Å². The number of nitrogens with two attached hydrogens (primary N) is 1. The molecule has 110 valence electrons. The molecule has 0 heterocycles. The summed E-state index contributed by atoms with van der Waals surface area (Å²) in [4.78, 5) is 23.3. The standard InChI is InChI=1S/C13H19N3O4/c1-4-15-11(17)7-16-13(18)9-5-8(19-2)6-10(20-3)12(9)14/h5-6H,4,7,14H2,1-3H3,(H,15,17)(H,16,18). The number of methoxy groups -OCH3 is 2. The predicted molar refractivity (Wildman–Crippen MR) is 75.0 cm³/mol. The average molecular weight is 281 g/mol. The van der Waals surface area contributed by atoms with Crippen molar-refractivity contribution in [1.82, 2.24) is 10.6 Å². The van der Waals surface area contributed by atoms with Crippen molar-refractivity contribution in [3.63, 3.8) is 0 Å². The Labute approximate surface area is 117 Å². The van der Waals surface area contributed by atoms with E-state index >= 15 is 0 Å². The van der Waals surface area contributed by atoms with Gasteiger partial charge < -0.3 is 25.8 Å². The maximum Gasteiger partial charge on any atom is 0.254 e. The Morgan fingerprint density at radius 3 is 2.45 bits per heavy atom. The van der Waals surface area contributed by atoms with Gasteiger partial charge in [0.05, 0.1) is 32.0 Å². The minimum atomic E-state index is -0.467. The van der Waals surface area contributed by atoms with E-state index in [1.165, 1.54) is 20.3 Å². The van der Waals surface area contributed by atoms with Crippen LogP contribution < -0.4 is 25.8 Å². The molecule has 0 unspecified atom stereocenters. The fourth-order valence-electron chi connectivity index (χ4n) is 1.59. The topological polar surface area (TPSA) is 103 Å². The van der Waals surface area contributed by atoms with Gasteiger partial charge in [-0.25, -0.2) is 0 Å². The van der Waals surface area contributed by atoms with Gasteiger partial charge in [-0.1, -0.05) is 0 Å². The van der Waals surface area contributed by atoms with Gasteiger partial charge in [-0.15, -0.1) is 0 Å². The van der Waals surface area contributed by atoms with E-state index in [2.05, 4.69) is 10.6 Å². The summed E-state index contributed by atoms with van der Waals surface area (Å²) in [6.07, 6.45) is 0. The molecule has 0 saturated carbocycles. The summed E-state index contributed by atoms with van der Waals surface area (Å²) in [5.41, 5.74) is 6.24. The van der Waals surface area contributed by atoms with Crippen molar-refractivity contribution in [3.8, 4) is 11.5 Å². The molecule has 0 aliphatic rings. The van der Waals surface area contributed by atoms with Crippen LogP contribution in [-0.2, 0) is 4.79 Å². The molecule has 2 amide bonds. The number of ether oxygens (including phenoxy) is 2.